The molecule has 1 fully saturated rings. The SMILES string of the molecule is CCN(CC(=O)O)CC1CCCN(S(C)(=O)=O)C1. The van der Waals surface area contributed by atoms with Crippen LogP contribution >= 0.6 is 0 Å². The van der Waals surface area contributed by atoms with Crippen molar-refractivity contribution in [3.8, 4) is 0 Å². The van der Waals surface area contributed by atoms with Gasteiger partial charge in [-0.1, -0.05) is 6.92 Å². The summed E-state index contributed by atoms with van der Waals surface area (Å²) in [5.74, 6) is -0.611. The number of likely N-dealkylation sites (N-methyl/N-ethyl adjacent to an activating group) is 1. The second-order valence-electron chi connectivity index (χ2n) is 4.85. The van der Waals surface area contributed by atoms with E-state index in [-0.39, 0.29) is 12.5 Å². The van der Waals surface area contributed by atoms with Crippen molar-refractivity contribution < 1.29 is 18.3 Å². The summed E-state index contributed by atoms with van der Waals surface area (Å²) in [6, 6.07) is 0. The number of rotatable bonds is 6. The number of nitrogens with zero attached hydrogens (tertiary/aromatic N) is 2. The molecule has 7 heteroatoms. The molecule has 1 heterocycles. The molecule has 1 aliphatic rings. The summed E-state index contributed by atoms with van der Waals surface area (Å²) < 4.78 is 24.5. The van der Waals surface area contributed by atoms with Crippen LogP contribution in [0.5, 0.6) is 0 Å². The fourth-order valence-corrected chi connectivity index (χ4v) is 3.28. The number of carbonyl (C=O) groups is 1. The van der Waals surface area contributed by atoms with Gasteiger partial charge in [-0.2, -0.15) is 0 Å². The van der Waals surface area contributed by atoms with E-state index in [0.717, 1.165) is 12.8 Å². The monoisotopic (exact) mass is 278 g/mol. The normalized spacial score (nSPS) is 22.3. The zero-order chi connectivity index (χ0) is 13.8. The Morgan fingerprint density at radius 1 is 1.50 bits per heavy atom. The molecule has 0 radical (unpaired) electrons. The van der Waals surface area contributed by atoms with Crippen molar-refractivity contribution >= 4 is 16.0 Å². The first kappa shape index (κ1) is 15.4. The standard InChI is InChI=1S/C11H22N2O4S/c1-3-12(9-11(14)15)7-10-5-4-6-13(8-10)18(2,16)17/h10H,3-9H2,1-2H3,(H,14,15). The van der Waals surface area contributed by atoms with Gasteiger partial charge in [0.05, 0.1) is 12.8 Å². The molecule has 18 heavy (non-hydrogen) atoms. The van der Waals surface area contributed by atoms with Gasteiger partial charge in [0.2, 0.25) is 10.0 Å². The highest BCUT2D eigenvalue weighted by Crippen LogP contribution is 2.19. The summed E-state index contributed by atoms with van der Waals surface area (Å²) in [4.78, 5) is 12.5. The van der Waals surface area contributed by atoms with Crippen LogP contribution in [-0.2, 0) is 14.8 Å². The minimum atomic E-state index is -3.13. The van der Waals surface area contributed by atoms with Crippen LogP contribution in [-0.4, -0.2) is 67.7 Å². The van der Waals surface area contributed by atoms with Gasteiger partial charge in [0.15, 0.2) is 0 Å². The molecule has 0 saturated carbocycles. The van der Waals surface area contributed by atoms with E-state index in [9.17, 15) is 13.2 Å². The van der Waals surface area contributed by atoms with Crippen LogP contribution in [0.15, 0.2) is 0 Å². The predicted molar refractivity (Wildman–Crippen MR) is 68.9 cm³/mol. The van der Waals surface area contributed by atoms with E-state index in [1.165, 1.54) is 10.6 Å². The predicted octanol–water partition coefficient (Wildman–Crippen LogP) is 0.0645. The molecule has 6 nitrogen and oxygen atoms in total. The lowest BCUT2D eigenvalue weighted by Crippen LogP contribution is -2.44. The van der Waals surface area contributed by atoms with Crippen molar-refractivity contribution in [3.63, 3.8) is 0 Å². The van der Waals surface area contributed by atoms with E-state index < -0.39 is 16.0 Å². The topological polar surface area (TPSA) is 77.9 Å². The van der Waals surface area contributed by atoms with Gasteiger partial charge in [-0.05, 0) is 25.3 Å². The van der Waals surface area contributed by atoms with Crippen LogP contribution in [0.3, 0.4) is 0 Å². The maximum atomic E-state index is 11.5. The highest BCUT2D eigenvalue weighted by atomic mass is 32.2. The third-order valence-electron chi connectivity index (χ3n) is 3.27. The molecule has 106 valence electrons. The van der Waals surface area contributed by atoms with Crippen molar-refractivity contribution in [1.29, 1.82) is 0 Å². The number of aliphatic carboxylic acids is 1. The number of hydrogen-bond acceptors (Lipinski definition) is 4. The van der Waals surface area contributed by atoms with E-state index in [0.29, 0.717) is 26.2 Å². The maximum absolute atomic E-state index is 11.5. The van der Waals surface area contributed by atoms with Crippen molar-refractivity contribution in [1.82, 2.24) is 9.21 Å². The number of hydrogen-bond donors (Lipinski definition) is 1. The second-order valence-corrected chi connectivity index (χ2v) is 6.83. The van der Waals surface area contributed by atoms with E-state index >= 15 is 0 Å². The molecule has 0 aromatic heterocycles. The van der Waals surface area contributed by atoms with Crippen molar-refractivity contribution in [3.05, 3.63) is 0 Å². The van der Waals surface area contributed by atoms with Crippen molar-refractivity contribution in [2.24, 2.45) is 5.92 Å². The molecule has 1 saturated heterocycles. The Balaban J connectivity index is 2.53. The van der Waals surface area contributed by atoms with E-state index in [2.05, 4.69) is 0 Å². The molecule has 0 aromatic carbocycles. The van der Waals surface area contributed by atoms with Crippen LogP contribution in [0.1, 0.15) is 19.8 Å². The zero-order valence-corrected chi connectivity index (χ0v) is 11.8. The number of carboxylic acid groups (broad SMARTS) is 1. The fourth-order valence-electron chi connectivity index (χ4n) is 2.34. The van der Waals surface area contributed by atoms with Crippen LogP contribution < -0.4 is 0 Å². The molecular weight excluding hydrogens is 256 g/mol. The van der Waals surface area contributed by atoms with Gasteiger partial charge in [0, 0.05) is 19.6 Å². The third kappa shape index (κ3) is 4.91. The molecule has 1 atom stereocenters. The van der Waals surface area contributed by atoms with Crippen LogP contribution in [0.25, 0.3) is 0 Å². The molecule has 0 aliphatic carbocycles. The van der Waals surface area contributed by atoms with E-state index in [1.807, 2.05) is 11.8 Å². The molecule has 0 bridgehead atoms. The lowest BCUT2D eigenvalue weighted by molar-refractivity contribution is -0.138. The quantitative estimate of drug-likeness (QED) is 0.743. The fraction of sp³-hybridized carbons (Fsp3) is 0.909. The molecule has 1 aliphatic heterocycles. The Morgan fingerprint density at radius 3 is 2.67 bits per heavy atom. The first-order valence-electron chi connectivity index (χ1n) is 6.22. The van der Waals surface area contributed by atoms with Gasteiger partial charge in [-0.25, -0.2) is 12.7 Å². The average Bonchev–Trinajstić information content (AvgIpc) is 2.26. The van der Waals surface area contributed by atoms with Gasteiger partial charge >= 0.3 is 5.97 Å². The van der Waals surface area contributed by atoms with Crippen LogP contribution in [0, 0.1) is 5.92 Å². The van der Waals surface area contributed by atoms with E-state index in [4.69, 9.17) is 5.11 Å². The highest BCUT2D eigenvalue weighted by molar-refractivity contribution is 7.88. The first-order chi connectivity index (χ1) is 8.32. The zero-order valence-electron chi connectivity index (χ0n) is 11.0. The Morgan fingerprint density at radius 2 is 2.17 bits per heavy atom. The third-order valence-corrected chi connectivity index (χ3v) is 4.54. The molecule has 1 unspecified atom stereocenters. The van der Waals surface area contributed by atoms with Gasteiger partial charge in [-0.15, -0.1) is 0 Å². The second kappa shape index (κ2) is 6.49. The van der Waals surface area contributed by atoms with Crippen LogP contribution in [0.2, 0.25) is 0 Å². The summed E-state index contributed by atoms with van der Waals surface area (Å²) in [6.07, 6.45) is 3.04. The van der Waals surface area contributed by atoms with Gasteiger partial charge < -0.3 is 5.11 Å². The minimum Gasteiger partial charge on any atom is -0.480 e. The van der Waals surface area contributed by atoms with Gasteiger partial charge in [0.1, 0.15) is 0 Å². The maximum Gasteiger partial charge on any atom is 0.317 e. The van der Waals surface area contributed by atoms with Crippen LogP contribution in [0.4, 0.5) is 0 Å². The Kier molecular flexibility index (Phi) is 5.55. The molecule has 1 rings (SSSR count). The van der Waals surface area contributed by atoms with Crippen molar-refractivity contribution in [2.45, 2.75) is 19.8 Å². The first-order valence-corrected chi connectivity index (χ1v) is 8.07. The molecule has 0 spiro atoms. The Hall–Kier alpha value is -0.660. The number of carboxylic acids is 1. The minimum absolute atomic E-state index is 0.0197. The number of sulfonamides is 1. The number of piperidine rings is 1. The molecular formula is C11H22N2O4S. The molecule has 1 N–H and O–H groups in total. The molecule has 0 amide bonds. The summed E-state index contributed by atoms with van der Waals surface area (Å²) >= 11 is 0. The lowest BCUT2D eigenvalue weighted by atomic mass is 9.99. The van der Waals surface area contributed by atoms with Crippen molar-refractivity contribution in [2.75, 3.05) is 39.0 Å². The smallest absolute Gasteiger partial charge is 0.317 e. The summed E-state index contributed by atoms with van der Waals surface area (Å²) in [5.41, 5.74) is 0. The highest BCUT2D eigenvalue weighted by Gasteiger charge is 2.27. The van der Waals surface area contributed by atoms with Gasteiger partial charge in [-0.3, -0.25) is 9.69 Å². The average molecular weight is 278 g/mol. The summed E-state index contributed by atoms with van der Waals surface area (Å²) in [5, 5.41) is 8.78. The Bertz CT molecular complexity index is 383. The van der Waals surface area contributed by atoms with Gasteiger partial charge in [0.25, 0.3) is 0 Å². The van der Waals surface area contributed by atoms with E-state index in [1.54, 1.807) is 0 Å². The summed E-state index contributed by atoms with van der Waals surface area (Å²) in [6.45, 7) is 4.35. The Labute approximate surface area is 109 Å². The lowest BCUT2D eigenvalue weighted by Gasteiger charge is -2.33. The summed E-state index contributed by atoms with van der Waals surface area (Å²) in [7, 11) is -3.13. The largest absolute Gasteiger partial charge is 0.480 e. The molecule has 0 aromatic rings.